The molecule has 0 heterocycles. The highest BCUT2D eigenvalue weighted by Crippen LogP contribution is 2.29. The molecule has 0 saturated carbocycles. The number of halogens is 1. The van der Waals surface area contributed by atoms with Crippen molar-refractivity contribution in [2.75, 3.05) is 4.90 Å². The van der Waals surface area contributed by atoms with E-state index in [1.165, 1.54) is 22.3 Å². The zero-order valence-electron chi connectivity index (χ0n) is 16.8. The zero-order valence-corrected chi connectivity index (χ0v) is 18.4. The van der Waals surface area contributed by atoms with E-state index in [4.69, 9.17) is 0 Å². The number of carbonyl (C=O) groups excluding carboxylic acids is 1. The molecule has 2 nitrogen and oxygen atoms in total. The molecule has 148 valence electrons. The lowest BCUT2D eigenvalue weighted by Gasteiger charge is -2.28. The standard InChI is InChI=1S/C26H26BrNO/c1-19(27)26(29)28(18-23-5-3-2-4-6-23)25-17-22-12-11-20-7-9-21(10-8-20)13-15-24(25)16-14-22/h2-10,14,16-17,19H,11-13,15,18H2,1H3. The molecule has 0 radical (unpaired) electrons. The van der Waals surface area contributed by atoms with Gasteiger partial charge in [0, 0.05) is 5.69 Å². The number of alkyl halides is 1. The summed E-state index contributed by atoms with van der Waals surface area (Å²) in [7, 11) is 0. The maximum atomic E-state index is 13.2. The van der Waals surface area contributed by atoms with Crippen molar-refractivity contribution < 1.29 is 4.79 Å². The lowest BCUT2D eigenvalue weighted by atomic mass is 9.95. The minimum atomic E-state index is -0.228. The zero-order chi connectivity index (χ0) is 20.2. The molecular weight excluding hydrogens is 422 g/mol. The number of aryl methyl sites for hydroxylation is 4. The van der Waals surface area contributed by atoms with Gasteiger partial charge in [-0.05, 0) is 66.5 Å². The first-order valence-corrected chi connectivity index (χ1v) is 11.2. The van der Waals surface area contributed by atoms with Crippen molar-refractivity contribution in [3.8, 4) is 0 Å². The summed E-state index contributed by atoms with van der Waals surface area (Å²) in [4.78, 5) is 14.9. The van der Waals surface area contributed by atoms with Gasteiger partial charge in [0.05, 0.1) is 11.4 Å². The van der Waals surface area contributed by atoms with Crippen molar-refractivity contribution in [3.05, 3.63) is 101 Å². The molecule has 3 aromatic carbocycles. The molecule has 0 saturated heterocycles. The average molecular weight is 448 g/mol. The van der Waals surface area contributed by atoms with Crippen molar-refractivity contribution in [2.24, 2.45) is 0 Å². The van der Waals surface area contributed by atoms with E-state index < -0.39 is 0 Å². The Hall–Kier alpha value is -2.39. The lowest BCUT2D eigenvalue weighted by molar-refractivity contribution is -0.117. The number of rotatable bonds is 4. The van der Waals surface area contributed by atoms with E-state index in [1.54, 1.807) is 0 Å². The fraction of sp³-hybridized carbons (Fsp3) is 0.269. The topological polar surface area (TPSA) is 20.3 Å². The Bertz CT molecular complexity index is 979. The quantitative estimate of drug-likeness (QED) is 0.456. The molecule has 1 amide bonds. The Labute approximate surface area is 181 Å². The lowest BCUT2D eigenvalue weighted by Crippen LogP contribution is -2.36. The number of hydrogen-bond acceptors (Lipinski definition) is 1. The second kappa shape index (κ2) is 8.96. The maximum Gasteiger partial charge on any atom is 0.240 e. The molecular formula is C26H26BrNO. The predicted molar refractivity (Wildman–Crippen MR) is 124 cm³/mol. The second-order valence-electron chi connectivity index (χ2n) is 7.81. The number of benzene rings is 3. The van der Waals surface area contributed by atoms with Crippen LogP contribution in [0.25, 0.3) is 0 Å². The Balaban J connectivity index is 1.74. The van der Waals surface area contributed by atoms with Crippen molar-refractivity contribution >= 4 is 27.5 Å². The van der Waals surface area contributed by atoms with E-state index in [9.17, 15) is 4.79 Å². The third-order valence-corrected chi connectivity index (χ3v) is 6.03. The van der Waals surface area contributed by atoms with Crippen molar-refractivity contribution in [1.29, 1.82) is 0 Å². The van der Waals surface area contributed by atoms with Crippen LogP contribution in [0, 0.1) is 0 Å². The summed E-state index contributed by atoms with van der Waals surface area (Å²) in [6, 6.07) is 25.9. The van der Waals surface area contributed by atoms with Gasteiger partial charge in [0.2, 0.25) is 5.91 Å². The molecule has 1 atom stereocenters. The molecule has 3 aromatic rings. The fourth-order valence-corrected chi connectivity index (χ4v) is 4.18. The Morgan fingerprint density at radius 3 is 2.10 bits per heavy atom. The summed E-state index contributed by atoms with van der Waals surface area (Å²) in [6.45, 7) is 2.49. The van der Waals surface area contributed by atoms with E-state index in [0.717, 1.165) is 36.9 Å². The predicted octanol–water partition coefficient (Wildman–Crippen LogP) is 5.89. The highest BCUT2D eigenvalue weighted by molar-refractivity contribution is 9.10. The van der Waals surface area contributed by atoms with E-state index in [2.05, 4.69) is 70.5 Å². The van der Waals surface area contributed by atoms with Crippen molar-refractivity contribution in [3.63, 3.8) is 0 Å². The molecule has 4 aliphatic carbocycles. The van der Waals surface area contributed by atoms with Gasteiger partial charge in [-0.2, -0.15) is 0 Å². The van der Waals surface area contributed by atoms with Crippen LogP contribution in [0.5, 0.6) is 0 Å². The summed E-state index contributed by atoms with van der Waals surface area (Å²) in [6.07, 6.45) is 3.89. The average Bonchev–Trinajstić information content (AvgIpc) is 2.74. The summed E-state index contributed by atoms with van der Waals surface area (Å²) in [5.74, 6) is 0.0997. The van der Waals surface area contributed by atoms with Gasteiger partial charge in [-0.3, -0.25) is 4.79 Å². The van der Waals surface area contributed by atoms with Crippen LogP contribution in [-0.2, 0) is 37.0 Å². The van der Waals surface area contributed by atoms with Gasteiger partial charge in [-0.1, -0.05) is 82.7 Å². The molecule has 0 spiro atoms. The van der Waals surface area contributed by atoms with Gasteiger partial charge in [-0.15, -0.1) is 0 Å². The first-order chi connectivity index (χ1) is 14.1. The third-order valence-electron chi connectivity index (χ3n) is 5.64. The number of hydrogen-bond donors (Lipinski definition) is 0. The van der Waals surface area contributed by atoms with E-state index in [-0.39, 0.29) is 10.7 Å². The highest BCUT2D eigenvalue weighted by Gasteiger charge is 2.23. The number of carbonyl (C=O) groups is 1. The molecule has 4 bridgehead atoms. The summed E-state index contributed by atoms with van der Waals surface area (Å²) in [5.41, 5.74) is 7.42. The largest absolute Gasteiger partial charge is 0.307 e. The van der Waals surface area contributed by atoms with Gasteiger partial charge in [0.15, 0.2) is 0 Å². The molecule has 0 N–H and O–H groups in total. The molecule has 0 aromatic heterocycles. The third kappa shape index (κ3) is 4.79. The van der Waals surface area contributed by atoms with Crippen molar-refractivity contribution in [1.82, 2.24) is 0 Å². The molecule has 3 heteroatoms. The van der Waals surface area contributed by atoms with Crippen LogP contribution in [0.3, 0.4) is 0 Å². The SMILES string of the molecule is CC(Br)C(=O)N(Cc1ccccc1)c1cc2ccc1CCc1ccc(cc1)CC2. The maximum absolute atomic E-state index is 13.2. The molecule has 7 rings (SSSR count). The minimum absolute atomic E-state index is 0.0997. The fourth-order valence-electron chi connectivity index (χ4n) is 3.93. The monoisotopic (exact) mass is 447 g/mol. The first kappa shape index (κ1) is 19.9. The van der Waals surface area contributed by atoms with Gasteiger partial charge in [0.25, 0.3) is 0 Å². The van der Waals surface area contributed by atoms with Crippen LogP contribution in [0.2, 0.25) is 0 Å². The molecule has 4 aliphatic rings. The second-order valence-corrected chi connectivity index (χ2v) is 9.18. The van der Waals surface area contributed by atoms with E-state index >= 15 is 0 Å². The van der Waals surface area contributed by atoms with Crippen molar-refractivity contribution in [2.45, 2.75) is 44.0 Å². The van der Waals surface area contributed by atoms with Crippen LogP contribution in [0.1, 0.15) is 34.7 Å². The molecule has 0 fully saturated rings. The first-order valence-electron chi connectivity index (χ1n) is 10.3. The summed E-state index contributed by atoms with van der Waals surface area (Å²) in [5, 5.41) is 0. The van der Waals surface area contributed by atoms with Gasteiger partial charge in [0.1, 0.15) is 0 Å². The van der Waals surface area contributed by atoms with Crippen LogP contribution in [0.15, 0.2) is 72.8 Å². The van der Waals surface area contributed by atoms with Crippen LogP contribution < -0.4 is 4.90 Å². The van der Waals surface area contributed by atoms with E-state index in [0.29, 0.717) is 6.54 Å². The Kier molecular flexibility index (Phi) is 6.15. The van der Waals surface area contributed by atoms with Gasteiger partial charge >= 0.3 is 0 Å². The molecule has 0 aliphatic heterocycles. The van der Waals surface area contributed by atoms with E-state index in [1.807, 2.05) is 30.0 Å². The highest BCUT2D eigenvalue weighted by atomic mass is 79.9. The minimum Gasteiger partial charge on any atom is -0.307 e. The number of nitrogens with zero attached hydrogens (tertiary/aromatic N) is 1. The van der Waals surface area contributed by atoms with Gasteiger partial charge < -0.3 is 4.90 Å². The Morgan fingerprint density at radius 1 is 0.862 bits per heavy atom. The van der Waals surface area contributed by atoms with Crippen LogP contribution >= 0.6 is 15.9 Å². The smallest absolute Gasteiger partial charge is 0.240 e. The Morgan fingerprint density at radius 2 is 1.45 bits per heavy atom. The normalized spacial score (nSPS) is 14.1. The van der Waals surface area contributed by atoms with Gasteiger partial charge in [-0.25, -0.2) is 0 Å². The van der Waals surface area contributed by atoms with Crippen LogP contribution in [-0.4, -0.2) is 10.7 Å². The molecule has 1 unspecified atom stereocenters. The van der Waals surface area contributed by atoms with Crippen LogP contribution in [0.4, 0.5) is 5.69 Å². The number of amides is 1. The molecule has 29 heavy (non-hydrogen) atoms. The summed E-state index contributed by atoms with van der Waals surface area (Å²) < 4.78 is 0. The number of anilines is 1. The summed E-state index contributed by atoms with van der Waals surface area (Å²) >= 11 is 3.51.